The van der Waals surface area contributed by atoms with Crippen molar-refractivity contribution >= 4 is 5.91 Å². The van der Waals surface area contributed by atoms with E-state index in [-0.39, 0.29) is 18.1 Å². The molecule has 0 spiro atoms. The third-order valence-electron chi connectivity index (χ3n) is 4.92. The Morgan fingerprint density at radius 2 is 1.90 bits per heavy atom. The molecule has 4 rings (SSSR count). The summed E-state index contributed by atoms with van der Waals surface area (Å²) in [5.74, 6) is -0.507. The van der Waals surface area contributed by atoms with E-state index in [0.717, 1.165) is 28.1 Å². The van der Waals surface area contributed by atoms with Crippen LogP contribution in [0.2, 0.25) is 0 Å². The largest absolute Gasteiger partial charge is 0.354 e. The van der Waals surface area contributed by atoms with E-state index in [2.05, 4.69) is 20.4 Å². The summed E-state index contributed by atoms with van der Waals surface area (Å²) in [4.78, 5) is 20.8. The maximum atomic E-state index is 13.3. The van der Waals surface area contributed by atoms with Crippen LogP contribution in [0.1, 0.15) is 11.3 Å². The topological polar surface area (TPSA) is 72.7 Å². The Morgan fingerprint density at radius 3 is 2.65 bits per heavy atom. The van der Waals surface area contributed by atoms with Crippen molar-refractivity contribution in [3.05, 3.63) is 90.4 Å². The lowest BCUT2D eigenvalue weighted by molar-refractivity contribution is -0.120. The van der Waals surface area contributed by atoms with Gasteiger partial charge in [0.1, 0.15) is 5.82 Å². The Balaban J connectivity index is 1.51. The molecule has 0 aliphatic carbocycles. The maximum absolute atomic E-state index is 13.3. The predicted molar refractivity (Wildman–Crippen MR) is 117 cm³/mol. The molecule has 156 valence electrons. The minimum atomic E-state index is -0.346. The zero-order chi connectivity index (χ0) is 21.6. The minimum absolute atomic E-state index is 0.133. The molecule has 0 atom stereocenters. The molecule has 3 heterocycles. The van der Waals surface area contributed by atoms with E-state index in [1.165, 1.54) is 12.1 Å². The van der Waals surface area contributed by atoms with Crippen molar-refractivity contribution in [3.8, 4) is 22.4 Å². The molecule has 6 nitrogen and oxygen atoms in total. The summed E-state index contributed by atoms with van der Waals surface area (Å²) < 4.78 is 15.2. The zero-order valence-electron chi connectivity index (χ0n) is 17.1. The van der Waals surface area contributed by atoms with E-state index in [1.54, 1.807) is 24.5 Å². The molecule has 0 aliphatic heterocycles. The van der Waals surface area contributed by atoms with Crippen LogP contribution in [-0.2, 0) is 17.8 Å². The van der Waals surface area contributed by atoms with Gasteiger partial charge in [-0.05, 0) is 54.4 Å². The molecule has 0 radical (unpaired) electrons. The fourth-order valence-corrected chi connectivity index (χ4v) is 3.41. The summed E-state index contributed by atoms with van der Waals surface area (Å²) in [6.45, 7) is 2.83. The van der Waals surface area contributed by atoms with Crippen LogP contribution in [0.5, 0.6) is 0 Å². The van der Waals surface area contributed by atoms with Crippen LogP contribution in [-0.4, -0.2) is 32.2 Å². The van der Waals surface area contributed by atoms with E-state index >= 15 is 0 Å². The third kappa shape index (κ3) is 5.01. The zero-order valence-corrected chi connectivity index (χ0v) is 17.1. The molecule has 0 aliphatic rings. The van der Waals surface area contributed by atoms with Crippen molar-refractivity contribution in [2.75, 3.05) is 6.54 Å². The Kier molecular flexibility index (Phi) is 6.12. The van der Waals surface area contributed by atoms with Crippen LogP contribution >= 0.6 is 0 Å². The molecule has 1 N–H and O–H groups in total. The Morgan fingerprint density at radius 1 is 1.06 bits per heavy atom. The highest BCUT2D eigenvalue weighted by atomic mass is 19.1. The highest BCUT2D eigenvalue weighted by Crippen LogP contribution is 2.31. The van der Waals surface area contributed by atoms with Gasteiger partial charge in [0, 0.05) is 42.0 Å². The monoisotopic (exact) mass is 415 g/mol. The number of halogens is 1. The summed E-state index contributed by atoms with van der Waals surface area (Å²) in [7, 11) is 0. The molecule has 0 saturated carbocycles. The number of hydrogen-bond donors (Lipinski definition) is 1. The second kappa shape index (κ2) is 9.30. The summed E-state index contributed by atoms with van der Waals surface area (Å²) in [6, 6.07) is 13.9. The standard InChI is InChI=1S/C24H22FN5O/c1-17-5-6-20(15-28-17)24-22(19-7-9-26-10-8-19)16-29-30(24)12-11-27-23(31)14-18-3-2-4-21(25)13-18/h2-10,13,15-16H,11-12,14H2,1H3,(H,27,31). The van der Waals surface area contributed by atoms with Crippen LogP contribution in [0.4, 0.5) is 4.39 Å². The minimum Gasteiger partial charge on any atom is -0.354 e. The predicted octanol–water partition coefficient (Wildman–Crippen LogP) is 3.81. The molecular formula is C24H22FN5O. The Hall–Kier alpha value is -3.87. The van der Waals surface area contributed by atoms with Crippen LogP contribution < -0.4 is 5.32 Å². The van der Waals surface area contributed by atoms with Gasteiger partial charge in [-0.1, -0.05) is 12.1 Å². The molecule has 0 bridgehead atoms. The second-order valence-electron chi connectivity index (χ2n) is 7.21. The average molecular weight is 415 g/mol. The summed E-state index contributed by atoms with van der Waals surface area (Å²) in [6.07, 6.45) is 7.27. The van der Waals surface area contributed by atoms with Crippen LogP contribution in [0.3, 0.4) is 0 Å². The SMILES string of the molecule is Cc1ccc(-c2c(-c3ccncc3)cnn2CCNC(=O)Cc2cccc(F)c2)cn1. The van der Waals surface area contributed by atoms with Gasteiger partial charge in [0.05, 0.1) is 24.9 Å². The molecule has 0 unspecified atom stereocenters. The van der Waals surface area contributed by atoms with Crippen LogP contribution in [0.15, 0.2) is 73.3 Å². The smallest absolute Gasteiger partial charge is 0.224 e. The molecular weight excluding hydrogens is 393 g/mol. The van der Waals surface area contributed by atoms with Gasteiger partial charge in [0.15, 0.2) is 0 Å². The number of carbonyl (C=O) groups is 1. The normalized spacial score (nSPS) is 10.8. The average Bonchev–Trinajstić information content (AvgIpc) is 3.19. The number of carbonyl (C=O) groups excluding carboxylic acids is 1. The first-order valence-corrected chi connectivity index (χ1v) is 10.0. The van der Waals surface area contributed by atoms with Crippen molar-refractivity contribution in [1.82, 2.24) is 25.1 Å². The number of nitrogens with zero attached hydrogens (tertiary/aromatic N) is 4. The quantitative estimate of drug-likeness (QED) is 0.498. The molecule has 4 aromatic rings. The number of aryl methyl sites for hydroxylation is 1. The lowest BCUT2D eigenvalue weighted by atomic mass is 10.0. The highest BCUT2D eigenvalue weighted by molar-refractivity contribution is 5.80. The number of benzene rings is 1. The lowest BCUT2D eigenvalue weighted by Crippen LogP contribution is -2.29. The van der Waals surface area contributed by atoms with Gasteiger partial charge >= 0.3 is 0 Å². The maximum Gasteiger partial charge on any atom is 0.224 e. The summed E-state index contributed by atoms with van der Waals surface area (Å²) in [5.41, 5.74) is 5.43. The first-order valence-electron chi connectivity index (χ1n) is 10.0. The number of rotatable bonds is 7. The highest BCUT2D eigenvalue weighted by Gasteiger charge is 2.15. The summed E-state index contributed by atoms with van der Waals surface area (Å²) in [5, 5.41) is 7.44. The molecule has 0 saturated heterocycles. The number of amides is 1. The second-order valence-corrected chi connectivity index (χ2v) is 7.21. The van der Waals surface area contributed by atoms with Crippen molar-refractivity contribution < 1.29 is 9.18 Å². The van der Waals surface area contributed by atoms with Crippen molar-refractivity contribution in [1.29, 1.82) is 0 Å². The fraction of sp³-hybridized carbons (Fsp3) is 0.167. The van der Waals surface area contributed by atoms with Gasteiger partial charge in [-0.2, -0.15) is 5.10 Å². The van der Waals surface area contributed by atoms with Gasteiger partial charge in [-0.25, -0.2) is 4.39 Å². The number of pyridine rings is 2. The number of aromatic nitrogens is 4. The first-order chi connectivity index (χ1) is 15.1. The van der Waals surface area contributed by atoms with Gasteiger partial charge in [0.2, 0.25) is 5.91 Å². The van der Waals surface area contributed by atoms with Gasteiger partial charge < -0.3 is 5.32 Å². The summed E-state index contributed by atoms with van der Waals surface area (Å²) >= 11 is 0. The molecule has 31 heavy (non-hydrogen) atoms. The lowest BCUT2D eigenvalue weighted by Gasteiger charge is -2.11. The molecule has 0 fully saturated rings. The van der Waals surface area contributed by atoms with Crippen LogP contribution in [0.25, 0.3) is 22.4 Å². The van der Waals surface area contributed by atoms with Gasteiger partial charge in [-0.3, -0.25) is 19.4 Å². The first kappa shape index (κ1) is 20.4. The van der Waals surface area contributed by atoms with E-state index in [9.17, 15) is 9.18 Å². The van der Waals surface area contributed by atoms with E-state index in [0.29, 0.717) is 18.7 Å². The van der Waals surface area contributed by atoms with Gasteiger partial charge in [-0.15, -0.1) is 0 Å². The van der Waals surface area contributed by atoms with Gasteiger partial charge in [0.25, 0.3) is 0 Å². The van der Waals surface area contributed by atoms with E-state index in [1.807, 2.05) is 48.3 Å². The molecule has 1 amide bonds. The third-order valence-corrected chi connectivity index (χ3v) is 4.92. The molecule has 7 heteroatoms. The number of hydrogen-bond acceptors (Lipinski definition) is 4. The van der Waals surface area contributed by atoms with Crippen molar-refractivity contribution in [2.24, 2.45) is 0 Å². The van der Waals surface area contributed by atoms with Crippen LogP contribution in [0, 0.1) is 12.7 Å². The Labute approximate surface area is 179 Å². The number of nitrogens with one attached hydrogen (secondary N) is 1. The van der Waals surface area contributed by atoms with Crippen molar-refractivity contribution in [3.63, 3.8) is 0 Å². The fourth-order valence-electron chi connectivity index (χ4n) is 3.41. The van der Waals surface area contributed by atoms with E-state index in [4.69, 9.17) is 0 Å². The molecule has 3 aromatic heterocycles. The van der Waals surface area contributed by atoms with E-state index < -0.39 is 0 Å². The Bertz CT molecular complexity index is 1170. The molecule has 1 aromatic carbocycles. The van der Waals surface area contributed by atoms with Crippen molar-refractivity contribution in [2.45, 2.75) is 19.9 Å².